The van der Waals surface area contributed by atoms with Crippen LogP contribution in [0.4, 0.5) is 4.39 Å². The number of halogens is 2. The highest BCUT2D eigenvalue weighted by Gasteiger charge is 2.32. The predicted molar refractivity (Wildman–Crippen MR) is 87.9 cm³/mol. The van der Waals surface area contributed by atoms with Gasteiger partial charge in [-0.05, 0) is 55.0 Å². The minimum absolute atomic E-state index is 0.177. The molecule has 1 saturated carbocycles. The van der Waals surface area contributed by atoms with Gasteiger partial charge in [0.2, 0.25) is 0 Å². The molecule has 0 heterocycles. The summed E-state index contributed by atoms with van der Waals surface area (Å²) in [6, 6.07) is 16.0. The lowest BCUT2D eigenvalue weighted by atomic mass is 9.75. The van der Waals surface area contributed by atoms with E-state index >= 15 is 0 Å². The van der Waals surface area contributed by atoms with Crippen molar-refractivity contribution in [2.24, 2.45) is 0 Å². The monoisotopic (exact) mass is 347 g/mol. The van der Waals surface area contributed by atoms with Crippen LogP contribution in [0.2, 0.25) is 0 Å². The van der Waals surface area contributed by atoms with E-state index in [1.807, 2.05) is 12.1 Å². The van der Waals surface area contributed by atoms with Crippen molar-refractivity contribution in [1.82, 2.24) is 5.32 Å². The molecule has 3 rings (SSSR count). The molecule has 1 fully saturated rings. The molecular formula is C18H19BrFN. The van der Waals surface area contributed by atoms with Gasteiger partial charge in [-0.2, -0.15) is 0 Å². The minimum Gasteiger partial charge on any atom is -0.307 e. The Morgan fingerprint density at radius 1 is 1.10 bits per heavy atom. The quantitative estimate of drug-likeness (QED) is 0.802. The van der Waals surface area contributed by atoms with E-state index in [9.17, 15) is 4.39 Å². The molecule has 21 heavy (non-hydrogen) atoms. The largest absolute Gasteiger partial charge is 0.307 e. The average Bonchev–Trinajstić information content (AvgIpc) is 2.44. The summed E-state index contributed by atoms with van der Waals surface area (Å²) in [5.41, 5.74) is 2.55. The van der Waals surface area contributed by atoms with Crippen molar-refractivity contribution >= 4 is 15.9 Å². The fraction of sp³-hybridized carbons (Fsp3) is 0.333. The van der Waals surface area contributed by atoms with Gasteiger partial charge in [0.05, 0.1) is 0 Å². The molecule has 1 aliphatic carbocycles. The number of hydrogen-bond acceptors (Lipinski definition) is 1. The molecule has 0 aromatic heterocycles. The van der Waals surface area contributed by atoms with E-state index in [0.29, 0.717) is 12.0 Å². The second-order valence-corrected chi connectivity index (χ2v) is 6.68. The van der Waals surface area contributed by atoms with Gasteiger partial charge in [-0.25, -0.2) is 4.39 Å². The van der Waals surface area contributed by atoms with Gasteiger partial charge in [-0.15, -0.1) is 0 Å². The van der Waals surface area contributed by atoms with Crippen LogP contribution in [-0.4, -0.2) is 6.04 Å². The summed E-state index contributed by atoms with van der Waals surface area (Å²) < 4.78 is 14.2. The van der Waals surface area contributed by atoms with Crippen molar-refractivity contribution in [1.29, 1.82) is 0 Å². The van der Waals surface area contributed by atoms with E-state index in [2.05, 4.69) is 52.4 Å². The van der Waals surface area contributed by atoms with Crippen LogP contribution >= 0.6 is 15.9 Å². The Kier molecular flexibility index (Phi) is 4.41. The summed E-state index contributed by atoms with van der Waals surface area (Å²) in [6.07, 6.45) is 2.32. The summed E-state index contributed by atoms with van der Waals surface area (Å²) in [5.74, 6) is 0.460. The van der Waals surface area contributed by atoms with Crippen LogP contribution in [0.3, 0.4) is 0 Å². The third-order valence-corrected chi connectivity index (χ3v) is 5.06. The van der Waals surface area contributed by atoms with E-state index in [4.69, 9.17) is 0 Å². The number of benzene rings is 2. The highest BCUT2D eigenvalue weighted by Crippen LogP contribution is 2.40. The SMILES string of the molecule is CC(NC1CC(c2ccccc2Br)C1)c1ccc(F)cc1. The Morgan fingerprint density at radius 3 is 2.43 bits per heavy atom. The average molecular weight is 348 g/mol. The topological polar surface area (TPSA) is 12.0 Å². The maximum absolute atomic E-state index is 12.9. The molecule has 2 aromatic carbocycles. The normalized spacial score (nSPS) is 22.6. The van der Waals surface area contributed by atoms with Crippen molar-refractivity contribution < 1.29 is 4.39 Å². The van der Waals surface area contributed by atoms with Crippen LogP contribution < -0.4 is 5.32 Å². The summed E-state index contributed by atoms with van der Waals surface area (Å²) in [4.78, 5) is 0. The minimum atomic E-state index is -0.177. The Labute approximate surface area is 133 Å². The van der Waals surface area contributed by atoms with Gasteiger partial charge >= 0.3 is 0 Å². The van der Waals surface area contributed by atoms with Crippen molar-refractivity contribution in [3.63, 3.8) is 0 Å². The first-order chi connectivity index (χ1) is 10.1. The van der Waals surface area contributed by atoms with Gasteiger partial charge in [0.1, 0.15) is 5.82 Å². The molecule has 0 radical (unpaired) electrons. The summed E-state index contributed by atoms with van der Waals surface area (Å²) in [5, 5.41) is 3.63. The second-order valence-electron chi connectivity index (χ2n) is 5.83. The molecule has 0 bridgehead atoms. The van der Waals surface area contributed by atoms with Gasteiger partial charge in [0, 0.05) is 16.6 Å². The number of nitrogens with one attached hydrogen (secondary N) is 1. The number of hydrogen-bond donors (Lipinski definition) is 1. The highest BCUT2D eigenvalue weighted by molar-refractivity contribution is 9.10. The molecule has 3 heteroatoms. The van der Waals surface area contributed by atoms with Crippen LogP contribution in [0.5, 0.6) is 0 Å². The second kappa shape index (κ2) is 6.29. The molecule has 0 spiro atoms. The first-order valence-electron chi connectivity index (χ1n) is 7.39. The fourth-order valence-electron chi connectivity index (χ4n) is 3.02. The van der Waals surface area contributed by atoms with Crippen molar-refractivity contribution in [3.8, 4) is 0 Å². The molecule has 0 saturated heterocycles. The molecule has 110 valence electrons. The zero-order valence-electron chi connectivity index (χ0n) is 12.0. The van der Waals surface area contributed by atoms with E-state index in [-0.39, 0.29) is 11.9 Å². The number of rotatable bonds is 4. The van der Waals surface area contributed by atoms with Crippen LogP contribution in [0.15, 0.2) is 53.0 Å². The van der Waals surface area contributed by atoms with Gasteiger partial charge in [-0.1, -0.05) is 46.3 Å². The van der Waals surface area contributed by atoms with Gasteiger partial charge < -0.3 is 5.32 Å². The van der Waals surface area contributed by atoms with Gasteiger partial charge in [-0.3, -0.25) is 0 Å². The van der Waals surface area contributed by atoms with Crippen LogP contribution in [-0.2, 0) is 0 Å². The molecule has 1 unspecified atom stereocenters. The smallest absolute Gasteiger partial charge is 0.123 e. The Balaban J connectivity index is 1.55. The molecule has 1 aliphatic rings. The van der Waals surface area contributed by atoms with E-state index in [1.54, 1.807) is 0 Å². The van der Waals surface area contributed by atoms with Gasteiger partial charge in [0.25, 0.3) is 0 Å². The molecule has 1 atom stereocenters. The lowest BCUT2D eigenvalue weighted by Gasteiger charge is -2.38. The lowest BCUT2D eigenvalue weighted by molar-refractivity contribution is 0.270. The van der Waals surface area contributed by atoms with E-state index in [0.717, 1.165) is 18.4 Å². The fourth-order valence-corrected chi connectivity index (χ4v) is 3.62. The highest BCUT2D eigenvalue weighted by atomic mass is 79.9. The first kappa shape index (κ1) is 14.7. The molecular weight excluding hydrogens is 329 g/mol. The zero-order valence-corrected chi connectivity index (χ0v) is 13.6. The van der Waals surface area contributed by atoms with E-state index in [1.165, 1.54) is 22.2 Å². The van der Waals surface area contributed by atoms with E-state index < -0.39 is 0 Å². The first-order valence-corrected chi connectivity index (χ1v) is 8.18. The Bertz CT molecular complexity index is 605. The van der Waals surface area contributed by atoms with Crippen LogP contribution in [0.25, 0.3) is 0 Å². The molecule has 1 N–H and O–H groups in total. The third kappa shape index (κ3) is 3.35. The zero-order chi connectivity index (χ0) is 14.8. The summed E-state index contributed by atoms with van der Waals surface area (Å²) in [6.45, 7) is 2.14. The molecule has 0 amide bonds. The lowest BCUT2D eigenvalue weighted by Crippen LogP contribution is -2.41. The van der Waals surface area contributed by atoms with Crippen LogP contribution in [0, 0.1) is 5.82 Å². The predicted octanol–water partition coefficient (Wildman–Crippen LogP) is 5.19. The third-order valence-electron chi connectivity index (χ3n) is 4.34. The Morgan fingerprint density at radius 2 is 1.76 bits per heavy atom. The van der Waals surface area contributed by atoms with Crippen molar-refractivity contribution in [2.45, 2.75) is 37.8 Å². The molecule has 0 aliphatic heterocycles. The maximum Gasteiger partial charge on any atom is 0.123 e. The summed E-state index contributed by atoms with van der Waals surface area (Å²) in [7, 11) is 0. The Hall–Kier alpha value is -1.19. The summed E-state index contributed by atoms with van der Waals surface area (Å²) >= 11 is 3.63. The molecule has 1 nitrogen and oxygen atoms in total. The van der Waals surface area contributed by atoms with Crippen LogP contribution in [0.1, 0.15) is 42.9 Å². The van der Waals surface area contributed by atoms with Gasteiger partial charge in [0.15, 0.2) is 0 Å². The molecule has 2 aromatic rings. The maximum atomic E-state index is 12.9. The standard InChI is InChI=1S/C18H19BrFN/c1-12(13-6-8-15(20)9-7-13)21-16-10-14(11-16)17-4-2-3-5-18(17)19/h2-9,12,14,16,21H,10-11H2,1H3. The van der Waals surface area contributed by atoms with Crippen molar-refractivity contribution in [3.05, 3.63) is 69.9 Å². The van der Waals surface area contributed by atoms with Crippen molar-refractivity contribution in [2.75, 3.05) is 0 Å².